The molecule has 0 bridgehead atoms. The van der Waals surface area contributed by atoms with Gasteiger partial charge in [0.25, 0.3) is 0 Å². The van der Waals surface area contributed by atoms with Crippen molar-refractivity contribution in [2.75, 3.05) is 0 Å². The number of aromatic nitrogens is 1. The summed E-state index contributed by atoms with van der Waals surface area (Å²) in [5.74, 6) is -0.626. The van der Waals surface area contributed by atoms with Crippen LogP contribution in [0.15, 0.2) is 41.6 Å². The molecule has 0 saturated heterocycles. The number of aryl methyl sites for hydroxylation is 2. The molecule has 27 heavy (non-hydrogen) atoms. The molecule has 4 rings (SSSR count). The van der Waals surface area contributed by atoms with Gasteiger partial charge in [0.1, 0.15) is 17.6 Å². The van der Waals surface area contributed by atoms with Gasteiger partial charge >= 0.3 is 6.97 Å². The molecule has 2 aliphatic heterocycles. The Balaban J connectivity index is 2.17. The van der Waals surface area contributed by atoms with Crippen LogP contribution in [0.5, 0.6) is 0 Å². The standard InChI is InChI=1S/C20H17BF3N3/c1-11-7-13(3)26-19(11)18(15-5-6-17(22)16(9-15)10-25)20-12(2)8-14(4)27(20)21(26,23)24/h5-9H,1-4H3. The fourth-order valence-electron chi connectivity index (χ4n) is 4.34. The lowest BCUT2D eigenvalue weighted by atomic mass is 9.83. The van der Waals surface area contributed by atoms with E-state index in [1.165, 1.54) is 12.1 Å². The number of nitriles is 1. The fourth-order valence-corrected chi connectivity index (χ4v) is 4.34. The van der Waals surface area contributed by atoms with Gasteiger partial charge in [0.2, 0.25) is 0 Å². The van der Waals surface area contributed by atoms with Crippen LogP contribution in [0, 0.1) is 31.0 Å². The average molecular weight is 367 g/mol. The number of halogens is 3. The first kappa shape index (κ1) is 17.4. The summed E-state index contributed by atoms with van der Waals surface area (Å²) in [5, 5.41) is 9.21. The van der Waals surface area contributed by atoms with Gasteiger partial charge in [0.15, 0.2) is 5.70 Å². The highest BCUT2D eigenvalue weighted by molar-refractivity contribution is 6.58. The minimum atomic E-state index is -4.05. The van der Waals surface area contributed by atoms with Gasteiger partial charge in [-0.15, -0.1) is 0 Å². The third-order valence-corrected chi connectivity index (χ3v) is 5.31. The van der Waals surface area contributed by atoms with Gasteiger partial charge in [-0.2, -0.15) is 5.26 Å². The Kier molecular flexibility index (Phi) is 3.54. The predicted molar refractivity (Wildman–Crippen MR) is 99.1 cm³/mol. The maximum absolute atomic E-state index is 15.5. The lowest BCUT2D eigenvalue weighted by Gasteiger charge is -2.34. The molecule has 3 heterocycles. The third kappa shape index (κ3) is 2.19. The Hall–Kier alpha value is -3.01. The second-order valence-electron chi connectivity index (χ2n) is 7.14. The quantitative estimate of drug-likeness (QED) is 0.681. The van der Waals surface area contributed by atoms with Crippen LogP contribution in [-0.2, 0) is 0 Å². The molecular formula is C20H17BF3N3. The van der Waals surface area contributed by atoms with Gasteiger partial charge in [-0.3, -0.25) is 0 Å². The molecule has 0 unspecified atom stereocenters. The minimum Gasteiger partial charge on any atom is -0.393 e. The SMILES string of the molecule is CC1=CC(C)=[N+]2C1=C(c1ccc(F)c(C#N)c1)c1c(C)cc(C)n1[B-]2(F)F. The van der Waals surface area contributed by atoms with Gasteiger partial charge in [0.05, 0.1) is 11.1 Å². The van der Waals surface area contributed by atoms with Crippen molar-refractivity contribution >= 4 is 18.3 Å². The molecule has 0 radical (unpaired) electrons. The van der Waals surface area contributed by atoms with E-state index in [4.69, 9.17) is 0 Å². The number of allylic oxidation sites excluding steroid dienone is 2. The van der Waals surface area contributed by atoms with Crippen LogP contribution < -0.4 is 0 Å². The molecule has 0 saturated carbocycles. The fraction of sp³-hybridized carbons (Fsp3) is 0.200. The van der Waals surface area contributed by atoms with E-state index < -0.39 is 12.8 Å². The van der Waals surface area contributed by atoms with Crippen molar-refractivity contribution in [2.45, 2.75) is 27.7 Å². The zero-order chi connectivity index (χ0) is 19.7. The maximum Gasteiger partial charge on any atom is 0.737 e. The predicted octanol–water partition coefficient (Wildman–Crippen LogP) is 4.54. The highest BCUT2D eigenvalue weighted by atomic mass is 19.2. The summed E-state index contributed by atoms with van der Waals surface area (Å²) in [5.41, 5.74) is 4.23. The van der Waals surface area contributed by atoms with Crippen LogP contribution in [0.3, 0.4) is 0 Å². The Bertz CT molecular complexity index is 1160. The normalized spacial score (nSPS) is 17.6. The molecule has 0 N–H and O–H groups in total. The van der Waals surface area contributed by atoms with Gasteiger partial charge in [-0.05, 0) is 55.8 Å². The van der Waals surface area contributed by atoms with E-state index in [0.29, 0.717) is 33.9 Å². The van der Waals surface area contributed by atoms with Gasteiger partial charge in [-0.25, -0.2) is 4.39 Å². The molecule has 2 aromatic rings. The maximum atomic E-state index is 15.5. The molecule has 1 aromatic heterocycles. The molecule has 136 valence electrons. The number of fused-ring (bicyclic) bond motifs is 2. The molecule has 0 fully saturated rings. The van der Waals surface area contributed by atoms with Crippen molar-refractivity contribution in [1.29, 1.82) is 5.26 Å². The second-order valence-corrected chi connectivity index (χ2v) is 7.14. The smallest absolute Gasteiger partial charge is 0.393 e. The highest BCUT2D eigenvalue weighted by Gasteiger charge is 2.55. The number of nitrogens with zero attached hydrogens (tertiary/aromatic N) is 3. The monoisotopic (exact) mass is 367 g/mol. The minimum absolute atomic E-state index is 0.109. The van der Waals surface area contributed by atoms with E-state index in [-0.39, 0.29) is 5.56 Å². The zero-order valence-corrected chi connectivity index (χ0v) is 15.4. The first-order chi connectivity index (χ1) is 12.7. The molecule has 0 aliphatic carbocycles. The van der Waals surface area contributed by atoms with Crippen LogP contribution in [0.4, 0.5) is 13.0 Å². The van der Waals surface area contributed by atoms with E-state index in [0.717, 1.165) is 20.1 Å². The lowest BCUT2D eigenvalue weighted by molar-refractivity contribution is -0.363. The van der Waals surface area contributed by atoms with Crippen molar-refractivity contribution in [2.24, 2.45) is 0 Å². The van der Waals surface area contributed by atoms with E-state index in [1.807, 2.05) is 6.07 Å². The Morgan fingerprint density at radius 2 is 1.81 bits per heavy atom. The van der Waals surface area contributed by atoms with E-state index in [2.05, 4.69) is 0 Å². The van der Waals surface area contributed by atoms with Gasteiger partial charge in [-0.1, -0.05) is 6.07 Å². The van der Waals surface area contributed by atoms with Crippen LogP contribution in [0.1, 0.15) is 41.9 Å². The third-order valence-electron chi connectivity index (χ3n) is 5.31. The Labute approximate surface area is 155 Å². The van der Waals surface area contributed by atoms with Crippen LogP contribution in [0.2, 0.25) is 0 Å². The summed E-state index contributed by atoms with van der Waals surface area (Å²) in [6.07, 6.45) is 1.73. The molecule has 0 spiro atoms. The van der Waals surface area contributed by atoms with Crippen LogP contribution in [0.25, 0.3) is 5.57 Å². The second kappa shape index (κ2) is 5.49. The Morgan fingerprint density at radius 3 is 2.48 bits per heavy atom. The number of benzene rings is 1. The first-order valence-corrected chi connectivity index (χ1v) is 8.65. The van der Waals surface area contributed by atoms with Crippen LogP contribution >= 0.6 is 0 Å². The van der Waals surface area contributed by atoms with Crippen molar-refractivity contribution < 1.29 is 17.5 Å². The van der Waals surface area contributed by atoms with Crippen LogP contribution in [-0.4, -0.2) is 21.6 Å². The average Bonchev–Trinajstić information content (AvgIpc) is 3.06. The van der Waals surface area contributed by atoms with E-state index >= 15 is 8.63 Å². The van der Waals surface area contributed by atoms with E-state index in [9.17, 15) is 9.65 Å². The summed E-state index contributed by atoms with van der Waals surface area (Å²) in [4.78, 5) is 0. The van der Waals surface area contributed by atoms with Crippen molar-refractivity contribution in [3.63, 3.8) is 0 Å². The molecule has 1 aromatic carbocycles. The van der Waals surface area contributed by atoms with Crippen molar-refractivity contribution in [3.8, 4) is 6.07 Å². The lowest BCUT2D eigenvalue weighted by Crippen LogP contribution is -2.51. The molecular weight excluding hydrogens is 350 g/mol. The van der Waals surface area contributed by atoms with Gasteiger partial charge < -0.3 is 17.6 Å². The molecule has 3 nitrogen and oxygen atoms in total. The summed E-state index contributed by atoms with van der Waals surface area (Å²) < 4.78 is 47.0. The number of rotatable bonds is 1. The topological polar surface area (TPSA) is 31.7 Å². The van der Waals surface area contributed by atoms with Crippen molar-refractivity contribution in [1.82, 2.24) is 4.48 Å². The Morgan fingerprint density at radius 1 is 1.11 bits per heavy atom. The zero-order valence-electron chi connectivity index (χ0n) is 15.4. The highest BCUT2D eigenvalue weighted by Crippen LogP contribution is 2.44. The first-order valence-electron chi connectivity index (χ1n) is 8.65. The summed E-state index contributed by atoms with van der Waals surface area (Å²) in [7, 11) is 0. The molecule has 0 amide bonds. The largest absolute Gasteiger partial charge is 0.737 e. The number of hydrogen-bond acceptors (Lipinski definition) is 1. The summed E-state index contributed by atoms with van der Waals surface area (Å²) >= 11 is 0. The summed E-state index contributed by atoms with van der Waals surface area (Å²) in [6, 6.07) is 7.75. The number of hydrogen-bond donors (Lipinski definition) is 0. The molecule has 7 heteroatoms. The summed E-state index contributed by atoms with van der Waals surface area (Å²) in [6.45, 7) is 2.85. The molecule has 2 aliphatic rings. The van der Waals surface area contributed by atoms with Crippen molar-refractivity contribution in [3.05, 3.63) is 75.5 Å². The van der Waals surface area contributed by atoms with Gasteiger partial charge in [0, 0.05) is 24.3 Å². The van der Waals surface area contributed by atoms with E-state index in [1.54, 1.807) is 45.9 Å². The molecule has 0 atom stereocenters.